The van der Waals surface area contributed by atoms with Crippen molar-refractivity contribution >= 4 is 15.9 Å². The molecule has 1 unspecified atom stereocenters. The smallest absolute Gasteiger partial charge is 0.0178 e. The van der Waals surface area contributed by atoms with Crippen molar-refractivity contribution < 1.29 is 0 Å². The third-order valence-electron chi connectivity index (χ3n) is 3.36. The summed E-state index contributed by atoms with van der Waals surface area (Å²) in [6.45, 7) is 5.74. The molecule has 1 aromatic carbocycles. The lowest BCUT2D eigenvalue weighted by atomic mass is 9.93. The summed E-state index contributed by atoms with van der Waals surface area (Å²) in [5.41, 5.74) is 3.00. The van der Waals surface area contributed by atoms with Gasteiger partial charge in [-0.15, -0.1) is 0 Å². The van der Waals surface area contributed by atoms with Crippen LogP contribution in [0.3, 0.4) is 0 Å². The van der Waals surface area contributed by atoms with Crippen LogP contribution in [0, 0.1) is 0 Å². The average Bonchev–Trinajstić information content (AvgIpc) is 2.70. The van der Waals surface area contributed by atoms with Crippen LogP contribution in [0.15, 0.2) is 22.7 Å². The summed E-state index contributed by atoms with van der Waals surface area (Å²) >= 11 is 3.57. The number of benzene rings is 1. The number of hydrogen-bond acceptors (Lipinski definition) is 1. The zero-order chi connectivity index (χ0) is 11.5. The number of hydrogen-bond donors (Lipinski definition) is 1. The van der Waals surface area contributed by atoms with Gasteiger partial charge in [-0.2, -0.15) is 0 Å². The summed E-state index contributed by atoms with van der Waals surface area (Å²) < 4.78 is 1.20. The molecule has 1 nitrogen and oxygen atoms in total. The first kappa shape index (κ1) is 12.1. The maximum Gasteiger partial charge on any atom is 0.0178 e. The highest BCUT2D eigenvalue weighted by molar-refractivity contribution is 9.10. The molecule has 0 aliphatic carbocycles. The van der Waals surface area contributed by atoms with E-state index < -0.39 is 0 Å². The summed E-state index contributed by atoms with van der Waals surface area (Å²) in [6, 6.07) is 7.39. The molecule has 1 aliphatic rings. The van der Waals surface area contributed by atoms with Crippen LogP contribution in [0.25, 0.3) is 0 Å². The van der Waals surface area contributed by atoms with Crippen molar-refractivity contribution in [2.75, 3.05) is 6.54 Å². The van der Waals surface area contributed by atoms with Gasteiger partial charge in [-0.3, -0.25) is 0 Å². The minimum absolute atomic E-state index is 0.615. The van der Waals surface area contributed by atoms with E-state index in [9.17, 15) is 0 Å². The van der Waals surface area contributed by atoms with E-state index in [4.69, 9.17) is 0 Å². The third kappa shape index (κ3) is 2.86. The van der Waals surface area contributed by atoms with E-state index in [0.717, 1.165) is 0 Å². The van der Waals surface area contributed by atoms with E-state index in [2.05, 4.69) is 53.3 Å². The van der Waals surface area contributed by atoms with Crippen LogP contribution in [0.1, 0.15) is 43.7 Å². The molecule has 0 bridgehead atoms. The molecular formula is C14H20BrN. The predicted molar refractivity (Wildman–Crippen MR) is 73.0 cm³/mol. The minimum Gasteiger partial charge on any atom is -0.314 e. The van der Waals surface area contributed by atoms with Crippen LogP contribution >= 0.6 is 15.9 Å². The second-order valence-electron chi connectivity index (χ2n) is 5.00. The van der Waals surface area contributed by atoms with Gasteiger partial charge in [0, 0.05) is 10.5 Å². The van der Waals surface area contributed by atoms with Crippen LogP contribution < -0.4 is 5.32 Å². The molecule has 1 saturated heterocycles. The molecule has 88 valence electrons. The topological polar surface area (TPSA) is 12.0 Å². The van der Waals surface area contributed by atoms with Crippen molar-refractivity contribution in [1.82, 2.24) is 5.32 Å². The first-order chi connectivity index (χ1) is 7.66. The van der Waals surface area contributed by atoms with Crippen molar-refractivity contribution in [3.63, 3.8) is 0 Å². The third-order valence-corrected chi connectivity index (χ3v) is 3.85. The molecule has 0 spiro atoms. The van der Waals surface area contributed by atoms with Gasteiger partial charge >= 0.3 is 0 Å². The van der Waals surface area contributed by atoms with E-state index in [1.165, 1.54) is 41.4 Å². The highest BCUT2D eigenvalue weighted by Crippen LogP contribution is 2.25. The zero-order valence-corrected chi connectivity index (χ0v) is 11.7. The fraction of sp³-hybridized carbons (Fsp3) is 0.571. The Kier molecular flexibility index (Phi) is 4.04. The molecule has 1 fully saturated rings. The lowest BCUT2D eigenvalue weighted by Crippen LogP contribution is -2.24. The van der Waals surface area contributed by atoms with E-state index in [-0.39, 0.29) is 0 Å². The Hall–Kier alpha value is -0.340. The molecule has 0 amide bonds. The van der Waals surface area contributed by atoms with Crippen LogP contribution in [0.5, 0.6) is 0 Å². The van der Waals surface area contributed by atoms with Crippen LogP contribution in [0.2, 0.25) is 0 Å². The van der Waals surface area contributed by atoms with E-state index in [1.54, 1.807) is 0 Å². The summed E-state index contributed by atoms with van der Waals surface area (Å²) in [5.74, 6) is 0.615. The molecule has 0 radical (unpaired) electrons. The van der Waals surface area contributed by atoms with Crippen molar-refractivity contribution in [2.24, 2.45) is 0 Å². The van der Waals surface area contributed by atoms with Gasteiger partial charge in [0.25, 0.3) is 0 Å². The van der Waals surface area contributed by atoms with Gasteiger partial charge in [-0.25, -0.2) is 0 Å². The van der Waals surface area contributed by atoms with Crippen LogP contribution in [0.4, 0.5) is 0 Å². The molecule has 1 aromatic rings. The molecule has 1 aliphatic heterocycles. The molecule has 2 heteroatoms. The molecule has 2 rings (SSSR count). The Morgan fingerprint density at radius 3 is 2.88 bits per heavy atom. The maximum atomic E-state index is 3.58. The Morgan fingerprint density at radius 2 is 2.25 bits per heavy atom. The van der Waals surface area contributed by atoms with Crippen molar-refractivity contribution in [3.05, 3.63) is 33.8 Å². The second-order valence-corrected chi connectivity index (χ2v) is 5.91. The quantitative estimate of drug-likeness (QED) is 0.887. The van der Waals surface area contributed by atoms with E-state index in [1.807, 2.05) is 0 Å². The maximum absolute atomic E-state index is 3.58. The van der Waals surface area contributed by atoms with Crippen molar-refractivity contribution in [2.45, 2.75) is 45.1 Å². The Morgan fingerprint density at radius 1 is 1.44 bits per heavy atom. The lowest BCUT2D eigenvalue weighted by Gasteiger charge is -2.17. The van der Waals surface area contributed by atoms with E-state index >= 15 is 0 Å². The standard InChI is InChI=1S/C14H20BrN/c1-10(2)14-6-5-12(15)8-11(14)9-13-4-3-7-16-13/h5-6,8,10,13,16H,3-4,7,9H2,1-2H3. The second kappa shape index (κ2) is 5.33. The van der Waals surface area contributed by atoms with Gasteiger partial charge in [-0.05, 0) is 55.0 Å². The molecule has 1 N–H and O–H groups in total. The molecular weight excluding hydrogens is 262 g/mol. The first-order valence-corrected chi connectivity index (χ1v) is 6.98. The zero-order valence-electron chi connectivity index (χ0n) is 10.1. The van der Waals surface area contributed by atoms with Gasteiger partial charge in [-0.1, -0.05) is 35.8 Å². The molecule has 0 saturated carbocycles. The molecule has 16 heavy (non-hydrogen) atoms. The van der Waals surface area contributed by atoms with Crippen molar-refractivity contribution in [3.8, 4) is 0 Å². The largest absolute Gasteiger partial charge is 0.314 e. The summed E-state index contributed by atoms with van der Waals surface area (Å²) in [4.78, 5) is 0. The van der Waals surface area contributed by atoms with Gasteiger partial charge in [0.15, 0.2) is 0 Å². The predicted octanol–water partition coefficient (Wildman–Crippen LogP) is 3.87. The first-order valence-electron chi connectivity index (χ1n) is 6.18. The number of rotatable bonds is 3. The number of nitrogens with one attached hydrogen (secondary N) is 1. The number of halogens is 1. The fourth-order valence-electron chi connectivity index (χ4n) is 2.51. The lowest BCUT2D eigenvalue weighted by molar-refractivity contribution is 0.598. The fourth-order valence-corrected chi connectivity index (χ4v) is 2.92. The van der Waals surface area contributed by atoms with Gasteiger partial charge in [0.05, 0.1) is 0 Å². The summed E-state index contributed by atoms with van der Waals surface area (Å²) in [5, 5.41) is 3.58. The minimum atomic E-state index is 0.615. The van der Waals surface area contributed by atoms with Gasteiger partial charge in [0.2, 0.25) is 0 Å². The Labute approximate surface area is 107 Å². The molecule has 0 aromatic heterocycles. The normalized spacial score (nSPS) is 20.6. The van der Waals surface area contributed by atoms with E-state index in [0.29, 0.717) is 12.0 Å². The molecule has 1 heterocycles. The van der Waals surface area contributed by atoms with Gasteiger partial charge in [0.1, 0.15) is 0 Å². The van der Waals surface area contributed by atoms with Crippen molar-refractivity contribution in [1.29, 1.82) is 0 Å². The highest BCUT2D eigenvalue weighted by atomic mass is 79.9. The SMILES string of the molecule is CC(C)c1ccc(Br)cc1CC1CCCN1. The summed E-state index contributed by atoms with van der Waals surface area (Å²) in [6.07, 6.45) is 3.83. The Bertz CT molecular complexity index is 354. The highest BCUT2D eigenvalue weighted by Gasteiger charge is 2.17. The van der Waals surface area contributed by atoms with Crippen LogP contribution in [-0.4, -0.2) is 12.6 Å². The average molecular weight is 282 g/mol. The summed E-state index contributed by atoms with van der Waals surface area (Å²) in [7, 11) is 0. The molecule has 1 atom stereocenters. The van der Waals surface area contributed by atoms with Crippen LogP contribution in [-0.2, 0) is 6.42 Å². The van der Waals surface area contributed by atoms with Gasteiger partial charge < -0.3 is 5.32 Å². The Balaban J connectivity index is 2.19. The monoisotopic (exact) mass is 281 g/mol.